The van der Waals surface area contributed by atoms with E-state index in [4.69, 9.17) is 0 Å². The van der Waals surface area contributed by atoms with Crippen molar-refractivity contribution in [3.63, 3.8) is 0 Å². The summed E-state index contributed by atoms with van der Waals surface area (Å²) in [4.78, 5) is 12.7. The van der Waals surface area contributed by atoms with Crippen LogP contribution in [0, 0.1) is 0 Å². The van der Waals surface area contributed by atoms with E-state index in [0.29, 0.717) is 6.42 Å². The molecule has 0 saturated heterocycles. The molecule has 148 valence electrons. The summed E-state index contributed by atoms with van der Waals surface area (Å²) >= 11 is 0. The highest BCUT2D eigenvalue weighted by Crippen LogP contribution is 2.32. The van der Waals surface area contributed by atoms with E-state index in [1.165, 1.54) is 41.3 Å². The Morgan fingerprint density at radius 2 is 1.75 bits per heavy atom. The Labute approximate surface area is 168 Å². The Bertz CT molecular complexity index is 882. The van der Waals surface area contributed by atoms with Gasteiger partial charge in [0.2, 0.25) is 5.91 Å². The van der Waals surface area contributed by atoms with Crippen molar-refractivity contribution in [3.05, 3.63) is 71.9 Å². The Morgan fingerprint density at radius 3 is 2.54 bits per heavy atom. The number of carbonyl (C=O) groups is 1. The van der Waals surface area contributed by atoms with Gasteiger partial charge in [-0.2, -0.15) is 0 Å². The lowest BCUT2D eigenvalue weighted by Gasteiger charge is -2.17. The zero-order valence-electron chi connectivity index (χ0n) is 17.2. The van der Waals surface area contributed by atoms with Crippen LogP contribution in [0.4, 0.5) is 0 Å². The van der Waals surface area contributed by atoms with Crippen LogP contribution >= 0.6 is 0 Å². The smallest absolute Gasteiger partial charge is 0.220 e. The molecule has 0 aliphatic heterocycles. The van der Waals surface area contributed by atoms with E-state index in [-0.39, 0.29) is 11.8 Å². The minimum atomic E-state index is 0.158. The lowest BCUT2D eigenvalue weighted by molar-refractivity contribution is -0.121. The summed E-state index contributed by atoms with van der Waals surface area (Å²) in [7, 11) is 2.08. The number of unbranched alkanes of at least 4 members (excludes halogenated alkanes) is 3. The van der Waals surface area contributed by atoms with Gasteiger partial charge in [0.25, 0.3) is 0 Å². The third-order valence-corrected chi connectivity index (χ3v) is 5.48. The Hall–Kier alpha value is -2.55. The van der Waals surface area contributed by atoms with E-state index in [1.807, 2.05) is 6.07 Å². The quantitative estimate of drug-likeness (QED) is 0.460. The van der Waals surface area contributed by atoms with E-state index < -0.39 is 0 Å². The second kappa shape index (κ2) is 10.1. The Morgan fingerprint density at radius 1 is 1.00 bits per heavy atom. The number of fused-ring (bicyclic) bond motifs is 1. The number of carbonyl (C=O) groups excluding carboxylic acids is 1. The van der Waals surface area contributed by atoms with Crippen LogP contribution in [0.25, 0.3) is 10.9 Å². The number of hydrogen-bond donors (Lipinski definition) is 1. The first-order chi connectivity index (χ1) is 13.7. The number of rotatable bonds is 10. The van der Waals surface area contributed by atoms with Gasteiger partial charge < -0.3 is 9.88 Å². The molecule has 0 aliphatic rings. The van der Waals surface area contributed by atoms with Gasteiger partial charge in [-0.1, -0.05) is 74.7 Å². The molecule has 3 heteroatoms. The average molecular weight is 377 g/mol. The summed E-state index contributed by atoms with van der Waals surface area (Å²) < 4.78 is 2.17. The van der Waals surface area contributed by atoms with Crippen molar-refractivity contribution in [1.29, 1.82) is 0 Å². The molecule has 1 amide bonds. The predicted octanol–water partition coefficient (Wildman–Crippen LogP) is 5.59. The van der Waals surface area contributed by atoms with Gasteiger partial charge in [0.1, 0.15) is 0 Å². The molecule has 0 radical (unpaired) electrons. The minimum Gasteiger partial charge on any atom is -0.356 e. The highest BCUT2D eigenvalue weighted by atomic mass is 16.1. The molecule has 3 nitrogen and oxygen atoms in total. The fourth-order valence-electron chi connectivity index (χ4n) is 3.96. The van der Waals surface area contributed by atoms with Crippen LogP contribution in [0.15, 0.2) is 60.8 Å². The van der Waals surface area contributed by atoms with Crippen molar-refractivity contribution in [2.24, 2.45) is 7.05 Å². The molecule has 28 heavy (non-hydrogen) atoms. The van der Waals surface area contributed by atoms with E-state index in [2.05, 4.69) is 78.6 Å². The van der Waals surface area contributed by atoms with Crippen molar-refractivity contribution in [1.82, 2.24) is 9.88 Å². The fourth-order valence-corrected chi connectivity index (χ4v) is 3.96. The van der Waals surface area contributed by atoms with Crippen molar-refractivity contribution >= 4 is 16.8 Å². The number of nitrogens with one attached hydrogen (secondary N) is 1. The van der Waals surface area contributed by atoms with E-state index in [1.54, 1.807) is 0 Å². The number of hydrogen-bond acceptors (Lipinski definition) is 1. The number of aromatic nitrogens is 1. The van der Waals surface area contributed by atoms with E-state index in [0.717, 1.165) is 19.4 Å². The predicted molar refractivity (Wildman–Crippen MR) is 118 cm³/mol. The standard InChI is InChI=1S/C25H32N2O/c1-3-4-5-11-16-26-25(28)18-21(17-20-12-7-6-8-13-20)23-19-27(2)24-15-10-9-14-22(23)24/h6-10,12-15,19,21H,3-5,11,16-18H2,1-2H3,(H,26,28). The van der Waals surface area contributed by atoms with Gasteiger partial charge in [-0.05, 0) is 36.0 Å². The first kappa shape index (κ1) is 20.2. The van der Waals surface area contributed by atoms with Crippen LogP contribution in [0.5, 0.6) is 0 Å². The molecule has 0 bridgehead atoms. The molecule has 1 aromatic heterocycles. The SMILES string of the molecule is CCCCCCNC(=O)CC(Cc1ccccc1)c1cn(C)c2ccccc12. The summed E-state index contributed by atoms with van der Waals surface area (Å²) in [6.45, 7) is 2.99. The zero-order valence-corrected chi connectivity index (χ0v) is 17.2. The van der Waals surface area contributed by atoms with E-state index >= 15 is 0 Å². The molecule has 0 saturated carbocycles. The highest BCUT2D eigenvalue weighted by Gasteiger charge is 2.20. The Kier molecular flexibility index (Phi) is 7.30. The highest BCUT2D eigenvalue weighted by molar-refractivity contribution is 5.86. The lowest BCUT2D eigenvalue weighted by Crippen LogP contribution is -2.26. The molecule has 1 unspecified atom stereocenters. The fraction of sp³-hybridized carbons (Fsp3) is 0.400. The normalized spacial score (nSPS) is 12.2. The molecular formula is C25H32N2O. The third-order valence-electron chi connectivity index (χ3n) is 5.48. The minimum absolute atomic E-state index is 0.158. The van der Waals surface area contributed by atoms with Crippen LogP contribution in [0.1, 0.15) is 56.1 Å². The van der Waals surface area contributed by atoms with Crippen molar-refractivity contribution in [3.8, 4) is 0 Å². The van der Waals surface area contributed by atoms with Crippen molar-refractivity contribution < 1.29 is 4.79 Å². The maximum Gasteiger partial charge on any atom is 0.220 e. The summed E-state index contributed by atoms with van der Waals surface area (Å²) in [6, 6.07) is 19.0. The topological polar surface area (TPSA) is 34.0 Å². The van der Waals surface area contributed by atoms with Crippen LogP contribution in [-0.4, -0.2) is 17.0 Å². The second-order valence-electron chi connectivity index (χ2n) is 7.71. The number of para-hydroxylation sites is 1. The first-order valence-corrected chi connectivity index (χ1v) is 10.5. The molecule has 2 aromatic carbocycles. The van der Waals surface area contributed by atoms with Gasteiger partial charge in [-0.3, -0.25) is 4.79 Å². The van der Waals surface area contributed by atoms with Crippen LogP contribution in [0.2, 0.25) is 0 Å². The molecule has 1 atom stereocenters. The van der Waals surface area contributed by atoms with Crippen LogP contribution < -0.4 is 5.32 Å². The largest absolute Gasteiger partial charge is 0.356 e. The van der Waals surface area contributed by atoms with Crippen molar-refractivity contribution in [2.75, 3.05) is 6.54 Å². The number of amides is 1. The summed E-state index contributed by atoms with van der Waals surface area (Å²) in [5.74, 6) is 0.328. The summed E-state index contributed by atoms with van der Waals surface area (Å²) in [5.41, 5.74) is 3.76. The second-order valence-corrected chi connectivity index (χ2v) is 7.71. The van der Waals surface area contributed by atoms with Gasteiger partial charge in [0, 0.05) is 37.1 Å². The van der Waals surface area contributed by atoms with Gasteiger partial charge in [0.05, 0.1) is 0 Å². The van der Waals surface area contributed by atoms with Crippen LogP contribution in [-0.2, 0) is 18.3 Å². The zero-order chi connectivity index (χ0) is 19.8. The molecule has 0 spiro atoms. The number of nitrogens with zero attached hydrogens (tertiary/aromatic N) is 1. The van der Waals surface area contributed by atoms with Crippen LogP contribution in [0.3, 0.4) is 0 Å². The summed E-state index contributed by atoms with van der Waals surface area (Å²) in [6.07, 6.45) is 8.31. The molecule has 0 aliphatic carbocycles. The molecule has 3 rings (SSSR count). The molecule has 3 aromatic rings. The van der Waals surface area contributed by atoms with E-state index in [9.17, 15) is 4.79 Å². The average Bonchev–Trinajstić information content (AvgIpc) is 3.05. The number of aryl methyl sites for hydroxylation is 1. The maximum atomic E-state index is 12.7. The summed E-state index contributed by atoms with van der Waals surface area (Å²) in [5, 5.41) is 4.39. The van der Waals surface area contributed by atoms with Gasteiger partial charge >= 0.3 is 0 Å². The number of benzene rings is 2. The molecular weight excluding hydrogens is 344 g/mol. The Balaban J connectivity index is 1.76. The third kappa shape index (κ3) is 5.25. The van der Waals surface area contributed by atoms with Gasteiger partial charge in [-0.25, -0.2) is 0 Å². The van der Waals surface area contributed by atoms with Gasteiger partial charge in [-0.15, -0.1) is 0 Å². The van der Waals surface area contributed by atoms with Crippen molar-refractivity contribution in [2.45, 2.75) is 51.4 Å². The molecule has 1 N–H and O–H groups in total. The monoisotopic (exact) mass is 376 g/mol. The lowest BCUT2D eigenvalue weighted by atomic mass is 9.88. The van der Waals surface area contributed by atoms with Gasteiger partial charge in [0.15, 0.2) is 0 Å². The maximum absolute atomic E-state index is 12.7. The first-order valence-electron chi connectivity index (χ1n) is 10.5. The molecule has 1 heterocycles. The molecule has 0 fully saturated rings.